The summed E-state index contributed by atoms with van der Waals surface area (Å²) in [7, 11) is -2.93. The van der Waals surface area contributed by atoms with Crippen LogP contribution in [0.3, 0.4) is 0 Å². The van der Waals surface area contributed by atoms with E-state index in [4.69, 9.17) is 0 Å². The van der Waals surface area contributed by atoms with Crippen LogP contribution in [-0.2, 0) is 24.4 Å². The largest absolute Gasteiger partial charge is 1.00 e. The summed E-state index contributed by atoms with van der Waals surface area (Å²) in [6.07, 6.45) is 7.94. The monoisotopic (exact) mass is 871 g/mol. The molecule has 4 aromatic carbocycles. The van der Waals surface area contributed by atoms with E-state index in [0.29, 0.717) is 0 Å². The number of halogens is 2. The fourth-order valence-corrected chi connectivity index (χ4v) is 17.4. The van der Waals surface area contributed by atoms with Crippen molar-refractivity contribution in [3.8, 4) is 0 Å². The fourth-order valence-electron chi connectivity index (χ4n) is 8.52. The van der Waals surface area contributed by atoms with Gasteiger partial charge in [-0.25, -0.2) is 0 Å². The molecule has 0 amide bonds. The molecule has 48 heavy (non-hydrogen) atoms. The quantitative estimate of drug-likeness (QED) is 0.204. The van der Waals surface area contributed by atoms with Crippen LogP contribution in [0.5, 0.6) is 0 Å². The molecule has 247 valence electrons. The van der Waals surface area contributed by atoms with Crippen molar-refractivity contribution in [2.45, 2.75) is 84.2 Å². The molecule has 0 saturated carbocycles. The topological polar surface area (TPSA) is 0 Å². The Morgan fingerprint density at radius 1 is 0.562 bits per heavy atom. The summed E-state index contributed by atoms with van der Waals surface area (Å²) in [6, 6.07) is 41.6. The van der Waals surface area contributed by atoms with Crippen LogP contribution in [0.25, 0.3) is 14.5 Å². The van der Waals surface area contributed by atoms with Gasteiger partial charge in [0.1, 0.15) is 0 Å². The second-order valence-corrected chi connectivity index (χ2v) is 25.7. The molecule has 0 atom stereocenters. The van der Waals surface area contributed by atoms with E-state index in [9.17, 15) is 0 Å². The Kier molecular flexibility index (Phi) is 13.2. The summed E-state index contributed by atoms with van der Waals surface area (Å²) in [4.78, 5) is 0. The Bertz CT molecular complexity index is 1950. The second-order valence-electron chi connectivity index (χ2n) is 13.4. The first-order valence-electron chi connectivity index (χ1n) is 17.7. The van der Waals surface area contributed by atoms with Crippen molar-refractivity contribution < 1.29 is 49.2 Å². The molecule has 0 fully saturated rings. The summed E-state index contributed by atoms with van der Waals surface area (Å²) in [6.45, 7) is 14.5. The molecule has 0 unspecified atom stereocenters. The minimum atomic E-state index is -1.46. The molecule has 0 bridgehead atoms. The summed E-state index contributed by atoms with van der Waals surface area (Å²) in [5.74, 6) is 0. The van der Waals surface area contributed by atoms with Crippen molar-refractivity contribution in [1.82, 2.24) is 0 Å². The van der Waals surface area contributed by atoms with Crippen LogP contribution < -0.4 is 45.6 Å². The van der Waals surface area contributed by atoms with E-state index in [2.05, 4.69) is 145 Å². The van der Waals surface area contributed by atoms with Gasteiger partial charge in [-0.2, -0.15) is 0 Å². The maximum absolute atomic E-state index is 2.50. The van der Waals surface area contributed by atoms with Gasteiger partial charge >= 0.3 is 296 Å². The first-order valence-corrected chi connectivity index (χ1v) is 24.8. The summed E-state index contributed by atoms with van der Waals surface area (Å²) >= 11 is 1.02. The summed E-state index contributed by atoms with van der Waals surface area (Å²) < 4.78 is 1.54. The molecule has 5 heteroatoms. The fraction of sp³-hybridized carbons (Fsp3) is 0.302. The Labute approximate surface area is 318 Å². The number of rotatable bonds is 11. The van der Waals surface area contributed by atoms with Gasteiger partial charge in [-0.1, -0.05) is 0 Å². The molecule has 0 heterocycles. The molecular weight excluding hydrogens is 822 g/mol. The minimum Gasteiger partial charge on any atom is -1.00 e. The van der Waals surface area contributed by atoms with E-state index in [-0.39, 0.29) is 24.8 Å². The van der Waals surface area contributed by atoms with Crippen molar-refractivity contribution in [1.29, 1.82) is 0 Å². The number of benzene rings is 4. The zero-order valence-electron chi connectivity index (χ0n) is 29.5. The molecule has 2 aliphatic rings. The third-order valence-electron chi connectivity index (χ3n) is 11.9. The number of hydrogen-bond donors (Lipinski definition) is 0. The molecular formula is C43H49Cl2HfSi2. The van der Waals surface area contributed by atoms with Crippen LogP contribution in [0, 0.1) is 10.4 Å². The van der Waals surface area contributed by atoms with Crippen LogP contribution >= 0.6 is 0 Å². The minimum absolute atomic E-state index is 0. The van der Waals surface area contributed by atoms with Crippen molar-refractivity contribution in [2.75, 3.05) is 0 Å². The maximum atomic E-state index is 2.50. The number of allylic oxidation sites excluding steroid dienone is 4. The van der Waals surface area contributed by atoms with Gasteiger partial charge in [0.2, 0.25) is 0 Å². The first-order chi connectivity index (χ1) is 22.4. The van der Waals surface area contributed by atoms with Gasteiger partial charge in [-0.05, 0) is 0 Å². The Morgan fingerprint density at radius 3 is 1.48 bits per heavy atom. The van der Waals surface area contributed by atoms with E-state index >= 15 is 0 Å². The van der Waals surface area contributed by atoms with Gasteiger partial charge < -0.3 is 24.8 Å². The SMILES string of the molecule is CC[Si](CC)(CC)c1ccc(C(c2ccc([Si](CC)(CC)CC)cc2)=c2ccc3c(c2C2=CC=CC2)[C]([Hf+2])=c2ccccc2=3)cc1.[Cl-].[Cl-]. The molecule has 0 nitrogen and oxygen atoms in total. The average molecular weight is 871 g/mol. The zero-order chi connectivity index (χ0) is 32.5. The second kappa shape index (κ2) is 16.3. The number of fused-ring (bicyclic) bond motifs is 2. The average Bonchev–Trinajstić information content (AvgIpc) is 3.75. The Hall–Kier alpha value is -2.02. The van der Waals surface area contributed by atoms with Crippen LogP contribution in [0.1, 0.15) is 70.2 Å². The summed E-state index contributed by atoms with van der Waals surface area (Å²) in [5, 5.41) is 8.86. The molecule has 0 aromatic heterocycles. The molecule has 2 aliphatic carbocycles. The molecule has 6 rings (SSSR count). The van der Waals surface area contributed by atoms with Crippen LogP contribution in [0.2, 0.25) is 36.3 Å². The number of hydrogen-bond acceptors (Lipinski definition) is 0. The molecule has 0 N–H and O–H groups in total. The summed E-state index contributed by atoms with van der Waals surface area (Å²) in [5.41, 5.74) is 8.43. The van der Waals surface area contributed by atoms with Crippen molar-refractivity contribution in [3.05, 3.63) is 146 Å². The maximum Gasteiger partial charge on any atom is -1.00 e. The normalized spacial score (nSPS) is 13.4. The van der Waals surface area contributed by atoms with Gasteiger partial charge in [0.05, 0.1) is 0 Å². The van der Waals surface area contributed by atoms with Gasteiger partial charge in [0.25, 0.3) is 0 Å². The predicted molar refractivity (Wildman–Crippen MR) is 202 cm³/mol. The predicted octanol–water partition coefficient (Wildman–Crippen LogP) is 3.02. The van der Waals surface area contributed by atoms with Gasteiger partial charge in [-0.3, -0.25) is 0 Å². The van der Waals surface area contributed by atoms with Crippen LogP contribution in [-0.4, -0.2) is 16.1 Å². The smallest absolute Gasteiger partial charge is 1.00 e. The van der Waals surface area contributed by atoms with Crippen molar-refractivity contribution in [2.24, 2.45) is 0 Å². The molecule has 0 spiro atoms. The van der Waals surface area contributed by atoms with E-state index in [1.165, 1.54) is 93.9 Å². The molecule has 0 radical (unpaired) electrons. The third kappa shape index (κ3) is 6.60. The van der Waals surface area contributed by atoms with E-state index < -0.39 is 16.1 Å². The third-order valence-corrected chi connectivity index (χ3v) is 25.0. The van der Waals surface area contributed by atoms with Gasteiger partial charge in [0, 0.05) is 0 Å². The van der Waals surface area contributed by atoms with Crippen molar-refractivity contribution in [3.63, 3.8) is 0 Å². The van der Waals surface area contributed by atoms with E-state index in [0.717, 1.165) is 30.8 Å². The Morgan fingerprint density at radius 2 is 1.04 bits per heavy atom. The van der Waals surface area contributed by atoms with Crippen LogP contribution in [0.4, 0.5) is 0 Å². The zero-order valence-corrected chi connectivity index (χ0v) is 36.6. The Balaban J connectivity index is 0.00000260. The first kappa shape index (κ1) is 38.8. The van der Waals surface area contributed by atoms with Crippen LogP contribution in [0.15, 0.2) is 103 Å². The van der Waals surface area contributed by atoms with Crippen molar-refractivity contribution >= 4 is 41.0 Å². The molecule has 0 aliphatic heterocycles. The standard InChI is InChI=1S/C43H49Si2.2ClH.Hf/c1-7-44(8-2,9-3)36-25-21-33(22-26-36)42(34-23-27-37(28-24-34)45(10-4,11-5)12-6)40-30-29-39-38-20-16-15-19-35(38)31-41(39)43(40)32-17-13-14-18-32;;;/h13-17,19-30H,7-12,18H2,1-6H3;2*1H;/q;;;+2/p-2. The molecule has 0 saturated heterocycles. The van der Waals surface area contributed by atoms with Gasteiger partial charge in [-0.15, -0.1) is 0 Å². The molecule has 4 aromatic rings. The van der Waals surface area contributed by atoms with E-state index in [1.807, 2.05) is 0 Å². The van der Waals surface area contributed by atoms with Gasteiger partial charge in [0.15, 0.2) is 0 Å². The van der Waals surface area contributed by atoms with E-state index in [1.54, 1.807) is 10.4 Å².